The normalized spacial score (nSPS) is 17.7. The molecular weight excluding hydrogens is 204 g/mol. The largest absolute Gasteiger partial charge is 0.0561 e. The van der Waals surface area contributed by atoms with Crippen LogP contribution in [-0.2, 0) is 5.41 Å². The van der Waals surface area contributed by atoms with E-state index >= 15 is 0 Å². The Morgan fingerprint density at radius 1 is 0.941 bits per heavy atom. The smallest absolute Gasteiger partial charge is 0.0127 e. The van der Waals surface area contributed by atoms with E-state index in [9.17, 15) is 0 Å². The van der Waals surface area contributed by atoms with Gasteiger partial charge >= 0.3 is 0 Å². The van der Waals surface area contributed by atoms with E-state index in [-0.39, 0.29) is 5.41 Å². The quantitative estimate of drug-likeness (QED) is 0.617. The summed E-state index contributed by atoms with van der Waals surface area (Å²) in [6, 6.07) is 4.90. The highest BCUT2D eigenvalue weighted by Gasteiger charge is 2.22. The van der Waals surface area contributed by atoms with Crippen LogP contribution in [0, 0.1) is 13.8 Å². The van der Waals surface area contributed by atoms with Crippen LogP contribution in [0.25, 0.3) is 0 Å². The highest BCUT2D eigenvalue weighted by molar-refractivity contribution is 5.43. The summed E-state index contributed by atoms with van der Waals surface area (Å²) in [5, 5.41) is 0. The average Bonchev–Trinajstić information content (AvgIpc) is 2.66. The molecule has 0 heterocycles. The second-order valence-corrected chi connectivity index (χ2v) is 6.76. The fourth-order valence-corrected chi connectivity index (χ4v) is 3.67. The van der Waals surface area contributed by atoms with Crippen molar-refractivity contribution in [2.24, 2.45) is 0 Å². The summed E-state index contributed by atoms with van der Waals surface area (Å²) in [5.74, 6) is 0.835. The summed E-state index contributed by atoms with van der Waals surface area (Å²) >= 11 is 0. The highest BCUT2D eigenvalue weighted by atomic mass is 14.3. The van der Waals surface area contributed by atoms with Crippen molar-refractivity contribution in [1.82, 2.24) is 0 Å². The van der Waals surface area contributed by atoms with Gasteiger partial charge in [-0.2, -0.15) is 0 Å². The van der Waals surface area contributed by atoms with E-state index in [2.05, 4.69) is 46.8 Å². The minimum absolute atomic E-state index is 0.266. The van der Waals surface area contributed by atoms with Crippen LogP contribution in [0.15, 0.2) is 12.1 Å². The third-order valence-corrected chi connectivity index (χ3v) is 4.13. The number of aryl methyl sites for hydroxylation is 2. The van der Waals surface area contributed by atoms with Crippen LogP contribution in [0.3, 0.4) is 0 Å². The van der Waals surface area contributed by atoms with Crippen molar-refractivity contribution in [3.05, 3.63) is 34.4 Å². The minimum Gasteiger partial charge on any atom is -0.0561 e. The maximum absolute atomic E-state index is 2.45. The number of hydrogen-bond donors (Lipinski definition) is 0. The van der Waals surface area contributed by atoms with Gasteiger partial charge in [-0.05, 0) is 60.3 Å². The first kappa shape index (κ1) is 12.7. The molecular formula is C17H26. The predicted octanol–water partition coefficient (Wildman–Crippen LogP) is 5.26. The van der Waals surface area contributed by atoms with E-state index in [4.69, 9.17) is 0 Å². The van der Waals surface area contributed by atoms with E-state index in [1.54, 1.807) is 11.1 Å². The van der Waals surface area contributed by atoms with Gasteiger partial charge in [-0.1, -0.05) is 45.7 Å². The highest BCUT2D eigenvalue weighted by Crippen LogP contribution is 2.37. The fraction of sp³-hybridized carbons (Fsp3) is 0.647. The topological polar surface area (TPSA) is 0 Å². The molecule has 0 radical (unpaired) electrons. The summed E-state index contributed by atoms with van der Waals surface area (Å²) in [7, 11) is 0. The Kier molecular flexibility index (Phi) is 3.34. The molecule has 1 aromatic rings. The lowest BCUT2D eigenvalue weighted by Crippen LogP contribution is -2.15. The molecule has 0 heteroatoms. The standard InChI is InChI=1S/C17H26/c1-12-10-15(14-8-6-7-9-14)11-13(2)16(12)17(3,4)5/h10-11,14H,6-9H2,1-5H3. The average molecular weight is 230 g/mol. The van der Waals surface area contributed by atoms with Crippen molar-refractivity contribution in [2.45, 2.75) is 71.6 Å². The number of hydrogen-bond acceptors (Lipinski definition) is 0. The molecule has 0 bridgehead atoms. The number of benzene rings is 1. The Bertz CT molecular complexity index is 378. The molecule has 0 N–H and O–H groups in total. The Labute approximate surface area is 106 Å². The van der Waals surface area contributed by atoms with Crippen LogP contribution >= 0.6 is 0 Å². The lowest BCUT2D eigenvalue weighted by molar-refractivity contribution is 0.580. The third kappa shape index (κ3) is 2.56. The lowest BCUT2D eigenvalue weighted by atomic mass is 9.79. The molecule has 0 atom stereocenters. The maximum atomic E-state index is 2.45. The molecule has 0 aromatic heterocycles. The molecule has 94 valence electrons. The van der Waals surface area contributed by atoms with Gasteiger partial charge in [0.15, 0.2) is 0 Å². The van der Waals surface area contributed by atoms with Gasteiger partial charge in [-0.25, -0.2) is 0 Å². The van der Waals surface area contributed by atoms with Crippen molar-refractivity contribution in [3.63, 3.8) is 0 Å². The second-order valence-electron chi connectivity index (χ2n) is 6.76. The molecule has 0 amide bonds. The van der Waals surface area contributed by atoms with Crippen LogP contribution in [0.2, 0.25) is 0 Å². The molecule has 1 fully saturated rings. The Balaban J connectivity index is 2.41. The van der Waals surface area contributed by atoms with Crippen molar-refractivity contribution in [1.29, 1.82) is 0 Å². The molecule has 0 saturated heterocycles. The maximum Gasteiger partial charge on any atom is -0.0127 e. The predicted molar refractivity (Wildman–Crippen MR) is 75.8 cm³/mol. The fourth-order valence-electron chi connectivity index (χ4n) is 3.67. The zero-order valence-corrected chi connectivity index (χ0v) is 12.1. The minimum atomic E-state index is 0.266. The SMILES string of the molecule is Cc1cc(C2CCCC2)cc(C)c1C(C)(C)C. The van der Waals surface area contributed by atoms with Crippen molar-refractivity contribution in [2.75, 3.05) is 0 Å². The van der Waals surface area contributed by atoms with Crippen molar-refractivity contribution >= 4 is 0 Å². The van der Waals surface area contributed by atoms with Crippen LogP contribution in [0.1, 0.15) is 74.6 Å². The van der Waals surface area contributed by atoms with Gasteiger partial charge < -0.3 is 0 Å². The van der Waals surface area contributed by atoms with E-state index < -0.39 is 0 Å². The number of rotatable bonds is 1. The van der Waals surface area contributed by atoms with Gasteiger partial charge in [0.05, 0.1) is 0 Å². The van der Waals surface area contributed by atoms with Crippen LogP contribution < -0.4 is 0 Å². The van der Waals surface area contributed by atoms with Gasteiger partial charge in [-0.3, -0.25) is 0 Å². The second kappa shape index (κ2) is 4.48. The van der Waals surface area contributed by atoms with Crippen LogP contribution in [0.4, 0.5) is 0 Å². The first-order valence-corrected chi connectivity index (χ1v) is 7.01. The van der Waals surface area contributed by atoms with Crippen LogP contribution in [0.5, 0.6) is 0 Å². The van der Waals surface area contributed by atoms with Gasteiger partial charge in [0, 0.05) is 0 Å². The monoisotopic (exact) mass is 230 g/mol. The third-order valence-electron chi connectivity index (χ3n) is 4.13. The molecule has 1 aliphatic rings. The molecule has 17 heavy (non-hydrogen) atoms. The van der Waals surface area contributed by atoms with Gasteiger partial charge in [0.25, 0.3) is 0 Å². The summed E-state index contributed by atoms with van der Waals surface area (Å²) in [6.07, 6.45) is 5.63. The van der Waals surface area contributed by atoms with Gasteiger partial charge in [0.2, 0.25) is 0 Å². The zero-order chi connectivity index (χ0) is 12.6. The molecule has 0 unspecified atom stereocenters. The first-order chi connectivity index (χ1) is 7.89. The molecule has 1 aliphatic carbocycles. The Hall–Kier alpha value is -0.780. The molecule has 0 aliphatic heterocycles. The summed E-state index contributed by atoms with van der Waals surface area (Å²) in [6.45, 7) is 11.5. The molecule has 0 spiro atoms. The van der Waals surface area contributed by atoms with E-state index in [0.717, 1.165) is 5.92 Å². The summed E-state index contributed by atoms with van der Waals surface area (Å²) < 4.78 is 0. The zero-order valence-electron chi connectivity index (χ0n) is 12.1. The van der Waals surface area contributed by atoms with E-state index in [1.165, 1.54) is 36.8 Å². The van der Waals surface area contributed by atoms with Gasteiger partial charge in [0.1, 0.15) is 0 Å². The van der Waals surface area contributed by atoms with Crippen molar-refractivity contribution < 1.29 is 0 Å². The van der Waals surface area contributed by atoms with Crippen LogP contribution in [-0.4, -0.2) is 0 Å². The van der Waals surface area contributed by atoms with E-state index in [0.29, 0.717) is 0 Å². The van der Waals surface area contributed by atoms with Crippen molar-refractivity contribution in [3.8, 4) is 0 Å². The van der Waals surface area contributed by atoms with E-state index in [1.807, 2.05) is 0 Å². The molecule has 1 aromatic carbocycles. The molecule has 0 nitrogen and oxygen atoms in total. The Morgan fingerprint density at radius 3 is 1.82 bits per heavy atom. The Morgan fingerprint density at radius 2 is 1.41 bits per heavy atom. The van der Waals surface area contributed by atoms with Gasteiger partial charge in [-0.15, -0.1) is 0 Å². The summed E-state index contributed by atoms with van der Waals surface area (Å²) in [4.78, 5) is 0. The molecule has 2 rings (SSSR count). The lowest BCUT2D eigenvalue weighted by Gasteiger charge is -2.26. The summed E-state index contributed by atoms with van der Waals surface area (Å²) in [5.41, 5.74) is 6.37. The molecule has 1 saturated carbocycles. The first-order valence-electron chi connectivity index (χ1n) is 7.01.